The molecule has 0 amide bonds. The molecule has 0 aliphatic heterocycles. The van der Waals surface area contributed by atoms with Gasteiger partial charge in [-0.2, -0.15) is 0 Å². The van der Waals surface area contributed by atoms with Gasteiger partial charge in [-0.25, -0.2) is 0 Å². The number of fused-ring (bicyclic) bond motifs is 1. The van der Waals surface area contributed by atoms with Crippen LogP contribution in [0.4, 0.5) is 11.4 Å². The highest BCUT2D eigenvalue weighted by molar-refractivity contribution is 5.99. The predicted molar refractivity (Wildman–Crippen MR) is 81.0 cm³/mol. The lowest BCUT2D eigenvalue weighted by Crippen LogP contribution is -2.02. The molecule has 5 nitrogen and oxygen atoms in total. The van der Waals surface area contributed by atoms with Crippen LogP contribution in [-0.4, -0.2) is 16.5 Å². The molecule has 1 N–H and O–H groups in total. The number of nitro benzene ring substituents is 1. The van der Waals surface area contributed by atoms with Crippen molar-refractivity contribution in [1.82, 2.24) is 4.98 Å². The number of non-ortho nitro benzene ring substituents is 1. The number of rotatable bonds is 7. The summed E-state index contributed by atoms with van der Waals surface area (Å²) in [5.41, 5.74) is 1.04. The number of nitrogens with zero attached hydrogens (tertiary/aromatic N) is 2. The number of nitrogens with one attached hydrogen (secondary N) is 1. The Labute approximate surface area is 118 Å². The average Bonchev–Trinajstić information content (AvgIpc) is 2.46. The van der Waals surface area contributed by atoms with Crippen molar-refractivity contribution in [2.24, 2.45) is 0 Å². The molecular formula is C15H19N3O2. The molecule has 1 aromatic heterocycles. The second-order valence-electron chi connectivity index (χ2n) is 4.80. The molecule has 0 saturated heterocycles. The highest BCUT2D eigenvalue weighted by Crippen LogP contribution is 2.30. The smallest absolute Gasteiger partial charge is 0.277 e. The Kier molecular flexibility index (Phi) is 4.87. The van der Waals surface area contributed by atoms with Crippen LogP contribution in [0.2, 0.25) is 0 Å². The summed E-state index contributed by atoms with van der Waals surface area (Å²) < 4.78 is 0. The van der Waals surface area contributed by atoms with Gasteiger partial charge in [0.25, 0.3) is 5.69 Å². The minimum atomic E-state index is -0.354. The number of pyridine rings is 1. The van der Waals surface area contributed by atoms with Crippen molar-refractivity contribution in [2.75, 3.05) is 11.9 Å². The highest BCUT2D eigenvalue weighted by atomic mass is 16.6. The minimum absolute atomic E-state index is 0.124. The van der Waals surface area contributed by atoms with Crippen molar-refractivity contribution in [2.45, 2.75) is 32.6 Å². The lowest BCUT2D eigenvalue weighted by atomic mass is 10.1. The molecule has 2 rings (SSSR count). The Morgan fingerprint density at radius 3 is 2.80 bits per heavy atom. The molecule has 0 radical (unpaired) electrons. The molecule has 0 atom stereocenters. The van der Waals surface area contributed by atoms with Gasteiger partial charge in [-0.1, -0.05) is 26.2 Å². The second-order valence-corrected chi connectivity index (χ2v) is 4.80. The third kappa shape index (κ3) is 3.23. The molecule has 5 heteroatoms. The van der Waals surface area contributed by atoms with E-state index in [-0.39, 0.29) is 10.6 Å². The van der Waals surface area contributed by atoms with Gasteiger partial charge in [0, 0.05) is 36.1 Å². The third-order valence-electron chi connectivity index (χ3n) is 3.34. The summed E-state index contributed by atoms with van der Waals surface area (Å²) in [6.07, 6.45) is 8.02. The normalized spacial score (nSPS) is 10.7. The van der Waals surface area contributed by atoms with Crippen molar-refractivity contribution in [3.05, 3.63) is 40.7 Å². The predicted octanol–water partition coefficient (Wildman–Crippen LogP) is 4.14. The molecule has 0 bridgehead atoms. The second kappa shape index (κ2) is 6.84. The Balaban J connectivity index is 2.18. The van der Waals surface area contributed by atoms with E-state index in [1.54, 1.807) is 30.6 Å². The molecule has 0 spiro atoms. The molecule has 0 saturated carbocycles. The van der Waals surface area contributed by atoms with Crippen molar-refractivity contribution in [3.63, 3.8) is 0 Å². The van der Waals surface area contributed by atoms with Crippen LogP contribution < -0.4 is 5.32 Å². The van der Waals surface area contributed by atoms with Crippen LogP contribution in [0.25, 0.3) is 10.8 Å². The molecule has 0 aliphatic carbocycles. The van der Waals surface area contributed by atoms with E-state index in [2.05, 4.69) is 17.2 Å². The van der Waals surface area contributed by atoms with E-state index in [1.807, 2.05) is 0 Å². The van der Waals surface area contributed by atoms with Crippen LogP contribution in [0.15, 0.2) is 30.6 Å². The first kappa shape index (κ1) is 14.2. The first-order valence-electron chi connectivity index (χ1n) is 6.99. The zero-order valence-corrected chi connectivity index (χ0v) is 11.6. The monoisotopic (exact) mass is 273 g/mol. The number of benzene rings is 1. The van der Waals surface area contributed by atoms with Crippen molar-refractivity contribution < 1.29 is 4.92 Å². The molecule has 0 fully saturated rings. The zero-order chi connectivity index (χ0) is 14.4. The fourth-order valence-electron chi connectivity index (χ4n) is 2.26. The van der Waals surface area contributed by atoms with E-state index in [4.69, 9.17) is 0 Å². The summed E-state index contributed by atoms with van der Waals surface area (Å²) >= 11 is 0. The van der Waals surface area contributed by atoms with E-state index >= 15 is 0 Å². The van der Waals surface area contributed by atoms with Gasteiger partial charge < -0.3 is 5.32 Å². The van der Waals surface area contributed by atoms with Gasteiger partial charge in [0.2, 0.25) is 0 Å². The SMILES string of the molecule is CCCCCCNc1ccc([N+](=O)[O-])c2ccncc12. The quantitative estimate of drug-likeness (QED) is 0.468. The van der Waals surface area contributed by atoms with Crippen molar-refractivity contribution >= 4 is 22.1 Å². The number of nitro groups is 1. The largest absolute Gasteiger partial charge is 0.384 e. The molecule has 2 aromatic rings. The lowest BCUT2D eigenvalue weighted by Gasteiger charge is -2.09. The Morgan fingerprint density at radius 2 is 2.05 bits per heavy atom. The highest BCUT2D eigenvalue weighted by Gasteiger charge is 2.13. The van der Waals surface area contributed by atoms with Crippen LogP contribution in [0.3, 0.4) is 0 Å². The first-order valence-corrected chi connectivity index (χ1v) is 6.99. The Hall–Kier alpha value is -2.17. The van der Waals surface area contributed by atoms with Gasteiger partial charge in [-0.3, -0.25) is 15.1 Å². The summed E-state index contributed by atoms with van der Waals surface area (Å²) in [5, 5.41) is 15.8. The van der Waals surface area contributed by atoms with Gasteiger partial charge in [-0.15, -0.1) is 0 Å². The topological polar surface area (TPSA) is 68.1 Å². The average molecular weight is 273 g/mol. The van der Waals surface area contributed by atoms with Gasteiger partial charge in [-0.05, 0) is 18.6 Å². The molecule has 20 heavy (non-hydrogen) atoms. The van der Waals surface area contributed by atoms with Crippen LogP contribution in [0, 0.1) is 10.1 Å². The fraction of sp³-hybridized carbons (Fsp3) is 0.400. The summed E-state index contributed by atoms with van der Waals surface area (Å²) in [4.78, 5) is 14.7. The Bertz CT molecular complexity index is 599. The number of hydrogen-bond donors (Lipinski definition) is 1. The van der Waals surface area contributed by atoms with Gasteiger partial charge in [0.1, 0.15) is 0 Å². The maximum atomic E-state index is 11.0. The van der Waals surface area contributed by atoms with Crippen LogP contribution in [0.5, 0.6) is 0 Å². The van der Waals surface area contributed by atoms with E-state index in [1.165, 1.54) is 19.3 Å². The Morgan fingerprint density at radius 1 is 1.20 bits per heavy atom. The maximum absolute atomic E-state index is 11.0. The maximum Gasteiger partial charge on any atom is 0.277 e. The third-order valence-corrected chi connectivity index (χ3v) is 3.34. The zero-order valence-electron chi connectivity index (χ0n) is 11.6. The molecule has 1 heterocycles. The van der Waals surface area contributed by atoms with Gasteiger partial charge in [0.05, 0.1) is 10.3 Å². The van der Waals surface area contributed by atoms with Gasteiger partial charge >= 0.3 is 0 Å². The minimum Gasteiger partial charge on any atom is -0.384 e. The van der Waals surface area contributed by atoms with Crippen molar-refractivity contribution in [1.29, 1.82) is 0 Å². The molecular weight excluding hydrogens is 254 g/mol. The summed E-state index contributed by atoms with van der Waals surface area (Å²) in [7, 11) is 0. The van der Waals surface area contributed by atoms with Crippen LogP contribution >= 0.6 is 0 Å². The number of hydrogen-bond acceptors (Lipinski definition) is 4. The van der Waals surface area contributed by atoms with Crippen molar-refractivity contribution in [3.8, 4) is 0 Å². The first-order chi connectivity index (χ1) is 9.74. The molecule has 0 aliphatic rings. The number of aromatic nitrogens is 1. The molecule has 106 valence electrons. The van der Waals surface area contributed by atoms with Gasteiger partial charge in [0.15, 0.2) is 0 Å². The summed E-state index contributed by atoms with van der Waals surface area (Å²) in [5.74, 6) is 0. The number of unbranched alkanes of at least 4 members (excludes halogenated alkanes) is 3. The van der Waals surface area contributed by atoms with E-state index < -0.39 is 0 Å². The summed E-state index contributed by atoms with van der Waals surface area (Å²) in [6, 6.07) is 5.01. The molecule has 1 aromatic carbocycles. The number of anilines is 1. The van der Waals surface area contributed by atoms with E-state index in [0.717, 1.165) is 24.0 Å². The lowest BCUT2D eigenvalue weighted by molar-refractivity contribution is -0.383. The van der Waals surface area contributed by atoms with Crippen LogP contribution in [-0.2, 0) is 0 Å². The fourth-order valence-corrected chi connectivity index (χ4v) is 2.26. The standard InChI is InChI=1S/C15H19N3O2/c1-2-3-4-5-9-17-14-6-7-15(18(19)20)12-8-10-16-11-13(12)14/h6-8,10-11,17H,2-5,9H2,1H3. The van der Waals surface area contributed by atoms with E-state index in [9.17, 15) is 10.1 Å². The van der Waals surface area contributed by atoms with Crippen LogP contribution in [0.1, 0.15) is 32.6 Å². The molecule has 0 unspecified atom stereocenters. The van der Waals surface area contributed by atoms with E-state index in [0.29, 0.717) is 5.39 Å². The summed E-state index contributed by atoms with van der Waals surface area (Å²) in [6.45, 7) is 3.06.